The van der Waals surface area contributed by atoms with E-state index in [-0.39, 0.29) is 18.9 Å². The van der Waals surface area contributed by atoms with Crippen LogP contribution in [0.5, 0.6) is 0 Å². The van der Waals surface area contributed by atoms with Crippen LogP contribution in [-0.2, 0) is 9.59 Å². The number of aliphatic carboxylic acids is 1. The molecule has 0 rings (SSSR count). The quantitative estimate of drug-likeness (QED) is 0.605. The van der Waals surface area contributed by atoms with Gasteiger partial charge in [0.15, 0.2) is 0 Å². The Hall–Kier alpha value is -1.06. The molecule has 0 aliphatic rings. The van der Waals surface area contributed by atoms with Gasteiger partial charge in [-0.2, -0.15) is 0 Å². The maximum atomic E-state index is 10.5. The van der Waals surface area contributed by atoms with E-state index in [1.807, 2.05) is 0 Å². The van der Waals surface area contributed by atoms with Crippen LogP contribution in [-0.4, -0.2) is 35.5 Å². The summed E-state index contributed by atoms with van der Waals surface area (Å²) in [5, 5.41) is 8.21. The highest BCUT2D eigenvalue weighted by Crippen LogP contribution is 1.86. The third kappa shape index (κ3) is 3.88. The van der Waals surface area contributed by atoms with Gasteiger partial charge in [-0.05, 0) is 0 Å². The largest absolute Gasteiger partial charge is 0.481 e. The smallest absolute Gasteiger partial charge is 0.305 e. The van der Waals surface area contributed by atoms with Gasteiger partial charge in [-0.15, -0.1) is 0 Å². The van der Waals surface area contributed by atoms with Crippen molar-refractivity contribution >= 4 is 11.9 Å². The van der Waals surface area contributed by atoms with Gasteiger partial charge in [0.1, 0.15) is 0 Å². The molecule has 58 valence electrons. The van der Waals surface area contributed by atoms with Crippen molar-refractivity contribution in [2.45, 2.75) is 13.3 Å². The minimum Gasteiger partial charge on any atom is -0.481 e. The Kier molecular flexibility index (Phi) is 3.46. The Bertz CT molecular complexity index is 144. The van der Waals surface area contributed by atoms with Gasteiger partial charge in [0.25, 0.3) is 0 Å². The average molecular weight is 145 g/mol. The van der Waals surface area contributed by atoms with Gasteiger partial charge in [0.05, 0.1) is 6.42 Å². The molecule has 0 aromatic heterocycles. The summed E-state index contributed by atoms with van der Waals surface area (Å²) in [7, 11) is 1.57. The summed E-state index contributed by atoms with van der Waals surface area (Å²) in [6, 6.07) is 0. The Morgan fingerprint density at radius 1 is 1.50 bits per heavy atom. The van der Waals surface area contributed by atoms with Crippen molar-refractivity contribution in [1.29, 1.82) is 0 Å². The summed E-state index contributed by atoms with van der Waals surface area (Å²) in [5.41, 5.74) is 0. The van der Waals surface area contributed by atoms with Crippen LogP contribution >= 0.6 is 0 Å². The molecule has 1 N–H and O–H groups in total. The maximum absolute atomic E-state index is 10.5. The van der Waals surface area contributed by atoms with Crippen molar-refractivity contribution in [3.8, 4) is 0 Å². The number of nitrogens with zero attached hydrogens (tertiary/aromatic N) is 1. The number of hydrogen-bond acceptors (Lipinski definition) is 2. The first-order valence-electron chi connectivity index (χ1n) is 2.97. The lowest BCUT2D eigenvalue weighted by atomic mass is 10.4. The van der Waals surface area contributed by atoms with Crippen LogP contribution in [0.25, 0.3) is 0 Å². The molecule has 0 saturated heterocycles. The van der Waals surface area contributed by atoms with Crippen molar-refractivity contribution < 1.29 is 14.7 Å². The fourth-order valence-corrected chi connectivity index (χ4v) is 0.421. The molecule has 4 heteroatoms. The first kappa shape index (κ1) is 8.94. The molecule has 0 aromatic rings. The van der Waals surface area contributed by atoms with Crippen molar-refractivity contribution in [3.05, 3.63) is 0 Å². The van der Waals surface area contributed by atoms with Gasteiger partial charge in [-0.25, -0.2) is 0 Å². The van der Waals surface area contributed by atoms with Crippen molar-refractivity contribution in [2.24, 2.45) is 0 Å². The van der Waals surface area contributed by atoms with E-state index in [1.54, 1.807) is 7.05 Å². The molecule has 0 atom stereocenters. The molecule has 0 aliphatic carbocycles. The van der Waals surface area contributed by atoms with Gasteiger partial charge < -0.3 is 10.0 Å². The number of carbonyl (C=O) groups is 2. The number of hydrogen-bond donors (Lipinski definition) is 1. The van der Waals surface area contributed by atoms with Crippen LogP contribution in [0.3, 0.4) is 0 Å². The van der Waals surface area contributed by atoms with E-state index >= 15 is 0 Å². The zero-order valence-corrected chi connectivity index (χ0v) is 6.13. The predicted molar refractivity (Wildman–Crippen MR) is 35.6 cm³/mol. The lowest BCUT2D eigenvalue weighted by Gasteiger charge is -2.11. The lowest BCUT2D eigenvalue weighted by Crippen LogP contribution is -2.26. The van der Waals surface area contributed by atoms with Crippen LogP contribution in [0.2, 0.25) is 0 Å². The standard InChI is InChI=1S/C6H11NO3/c1-5(8)7(2)4-3-6(9)10/h3-4H2,1-2H3,(H,9,10). The second-order valence-corrected chi connectivity index (χ2v) is 2.08. The van der Waals surface area contributed by atoms with Crippen molar-refractivity contribution in [2.75, 3.05) is 13.6 Å². The van der Waals surface area contributed by atoms with Crippen LogP contribution in [0.1, 0.15) is 13.3 Å². The Labute approximate surface area is 59.4 Å². The fourth-order valence-electron chi connectivity index (χ4n) is 0.421. The first-order valence-corrected chi connectivity index (χ1v) is 2.97. The molecule has 0 aromatic carbocycles. The third-order valence-electron chi connectivity index (χ3n) is 1.20. The van der Waals surface area contributed by atoms with Gasteiger partial charge >= 0.3 is 5.97 Å². The maximum Gasteiger partial charge on any atom is 0.305 e. The first-order chi connectivity index (χ1) is 4.54. The van der Waals surface area contributed by atoms with E-state index in [9.17, 15) is 9.59 Å². The molecule has 0 bridgehead atoms. The molecule has 10 heavy (non-hydrogen) atoms. The van der Waals surface area contributed by atoms with Gasteiger partial charge in [-0.3, -0.25) is 9.59 Å². The molecule has 0 spiro atoms. The van der Waals surface area contributed by atoms with E-state index < -0.39 is 5.97 Å². The summed E-state index contributed by atoms with van der Waals surface area (Å²) in [6.07, 6.45) is 0.0100. The summed E-state index contributed by atoms with van der Waals surface area (Å²) in [6.45, 7) is 1.69. The summed E-state index contributed by atoms with van der Waals surface area (Å²) in [5.74, 6) is -0.991. The fraction of sp³-hybridized carbons (Fsp3) is 0.667. The van der Waals surface area contributed by atoms with Gasteiger partial charge in [-0.1, -0.05) is 0 Å². The second kappa shape index (κ2) is 3.87. The van der Waals surface area contributed by atoms with Crippen molar-refractivity contribution in [1.82, 2.24) is 4.90 Å². The molecule has 4 nitrogen and oxygen atoms in total. The average Bonchev–Trinajstić information content (AvgIpc) is 1.82. The Balaban J connectivity index is 3.49. The zero-order valence-electron chi connectivity index (χ0n) is 6.13. The number of carbonyl (C=O) groups excluding carboxylic acids is 1. The number of carboxylic acid groups (broad SMARTS) is 1. The van der Waals surface area contributed by atoms with E-state index in [4.69, 9.17) is 5.11 Å². The third-order valence-corrected chi connectivity index (χ3v) is 1.20. The van der Waals surface area contributed by atoms with Crippen LogP contribution in [0.15, 0.2) is 0 Å². The molecule has 0 heterocycles. The SMILES string of the molecule is CC(=O)N(C)CCC(=O)O. The molecule has 0 radical (unpaired) electrons. The highest BCUT2D eigenvalue weighted by molar-refractivity contribution is 5.74. The molecule has 0 fully saturated rings. The van der Waals surface area contributed by atoms with E-state index in [1.165, 1.54) is 11.8 Å². The second-order valence-electron chi connectivity index (χ2n) is 2.08. The molecule has 0 unspecified atom stereocenters. The summed E-state index contributed by atoms with van der Waals surface area (Å²) >= 11 is 0. The molecule has 0 saturated carbocycles. The number of amides is 1. The van der Waals surface area contributed by atoms with E-state index in [0.29, 0.717) is 0 Å². The number of rotatable bonds is 3. The monoisotopic (exact) mass is 145 g/mol. The zero-order chi connectivity index (χ0) is 8.15. The normalized spacial score (nSPS) is 9.00. The van der Waals surface area contributed by atoms with Gasteiger partial charge in [0.2, 0.25) is 5.91 Å². The topological polar surface area (TPSA) is 57.6 Å². The molecular formula is C6H11NO3. The predicted octanol–water partition coefficient (Wildman–Crippen LogP) is -0.0606. The Morgan fingerprint density at radius 2 is 2.00 bits per heavy atom. The van der Waals surface area contributed by atoms with Gasteiger partial charge in [0, 0.05) is 20.5 Å². The van der Waals surface area contributed by atoms with E-state index in [2.05, 4.69) is 0 Å². The Morgan fingerprint density at radius 3 is 2.30 bits per heavy atom. The molecule has 1 amide bonds. The highest BCUT2D eigenvalue weighted by Gasteiger charge is 2.03. The number of carboxylic acids is 1. The summed E-state index contributed by atoms with van der Waals surface area (Å²) in [4.78, 5) is 21.8. The highest BCUT2D eigenvalue weighted by atomic mass is 16.4. The van der Waals surface area contributed by atoms with Crippen LogP contribution < -0.4 is 0 Å². The van der Waals surface area contributed by atoms with Crippen LogP contribution in [0, 0.1) is 0 Å². The minimum absolute atomic E-state index is 0.0100. The van der Waals surface area contributed by atoms with E-state index in [0.717, 1.165) is 0 Å². The molecule has 0 aliphatic heterocycles. The van der Waals surface area contributed by atoms with Crippen molar-refractivity contribution in [3.63, 3.8) is 0 Å². The lowest BCUT2D eigenvalue weighted by molar-refractivity contribution is -0.137. The molecular weight excluding hydrogens is 134 g/mol. The van der Waals surface area contributed by atoms with Crippen LogP contribution in [0.4, 0.5) is 0 Å². The minimum atomic E-state index is -0.881. The summed E-state index contributed by atoms with van der Waals surface area (Å²) < 4.78 is 0.